The van der Waals surface area contributed by atoms with Crippen molar-refractivity contribution in [1.29, 1.82) is 0 Å². The third kappa shape index (κ3) is 4.06. The molecule has 0 spiro atoms. The van der Waals surface area contributed by atoms with Gasteiger partial charge in [-0.15, -0.1) is 12.3 Å². The number of anilines is 1. The Morgan fingerprint density at radius 3 is 2.88 bits per heavy atom. The first-order chi connectivity index (χ1) is 8.08. The number of hydrogen-bond acceptors (Lipinski definition) is 4. The number of unbranched alkanes of at least 4 members (excludes halogenated alkanes) is 2. The van der Waals surface area contributed by atoms with Crippen molar-refractivity contribution in [3.05, 3.63) is 18.3 Å². The highest BCUT2D eigenvalue weighted by Crippen LogP contribution is 2.13. The molecule has 92 valence electrons. The van der Waals surface area contributed by atoms with E-state index in [-0.39, 0.29) is 10.7 Å². The number of aromatic nitrogens is 1. The van der Waals surface area contributed by atoms with Gasteiger partial charge in [0.15, 0.2) is 0 Å². The molecule has 0 saturated heterocycles. The van der Waals surface area contributed by atoms with Crippen LogP contribution < -0.4 is 10.5 Å². The van der Waals surface area contributed by atoms with Crippen molar-refractivity contribution >= 4 is 15.8 Å². The highest BCUT2D eigenvalue weighted by Gasteiger charge is 2.16. The third-order valence-corrected chi connectivity index (χ3v) is 3.64. The maximum Gasteiger partial charge on any atom is 0.244 e. The summed E-state index contributed by atoms with van der Waals surface area (Å²) in [7, 11) is -3.57. The molecule has 0 aliphatic rings. The summed E-state index contributed by atoms with van der Waals surface area (Å²) in [5, 5.41) is 0. The van der Waals surface area contributed by atoms with Crippen molar-refractivity contribution < 1.29 is 8.42 Å². The van der Waals surface area contributed by atoms with Gasteiger partial charge in [0.25, 0.3) is 0 Å². The molecule has 6 heteroatoms. The predicted molar refractivity (Wildman–Crippen MR) is 66.5 cm³/mol. The van der Waals surface area contributed by atoms with Crippen LogP contribution in [-0.2, 0) is 10.0 Å². The fourth-order valence-electron chi connectivity index (χ4n) is 1.27. The van der Waals surface area contributed by atoms with Crippen LogP contribution in [0.25, 0.3) is 0 Å². The van der Waals surface area contributed by atoms with Gasteiger partial charge in [-0.05, 0) is 25.0 Å². The third-order valence-electron chi connectivity index (χ3n) is 2.13. The van der Waals surface area contributed by atoms with E-state index in [1.54, 1.807) is 0 Å². The van der Waals surface area contributed by atoms with Crippen molar-refractivity contribution in [3.8, 4) is 12.3 Å². The van der Waals surface area contributed by atoms with Gasteiger partial charge in [0, 0.05) is 19.2 Å². The average Bonchev–Trinajstić information content (AvgIpc) is 2.29. The van der Waals surface area contributed by atoms with Gasteiger partial charge in [0.2, 0.25) is 10.0 Å². The van der Waals surface area contributed by atoms with Crippen LogP contribution in [0.1, 0.15) is 19.3 Å². The molecule has 1 heterocycles. The molecule has 0 bridgehead atoms. The molecule has 0 atom stereocenters. The van der Waals surface area contributed by atoms with Crippen LogP contribution in [-0.4, -0.2) is 19.9 Å². The van der Waals surface area contributed by atoms with Crippen LogP contribution in [0.4, 0.5) is 5.82 Å². The molecule has 17 heavy (non-hydrogen) atoms. The summed E-state index contributed by atoms with van der Waals surface area (Å²) in [5.41, 5.74) is 5.50. The Morgan fingerprint density at radius 2 is 2.24 bits per heavy atom. The fraction of sp³-hybridized carbons (Fsp3) is 0.364. The zero-order chi connectivity index (χ0) is 12.7. The fourth-order valence-corrected chi connectivity index (χ4v) is 2.42. The molecule has 0 saturated carbocycles. The van der Waals surface area contributed by atoms with E-state index >= 15 is 0 Å². The number of rotatable bonds is 6. The number of pyridine rings is 1. The SMILES string of the molecule is C#CCCCCNS(=O)(=O)c1cccnc1N. The maximum atomic E-state index is 11.8. The Labute approximate surface area is 101 Å². The molecule has 0 fully saturated rings. The molecule has 1 aromatic heterocycles. The Bertz CT molecular complexity index is 506. The minimum absolute atomic E-state index is 0.00336. The van der Waals surface area contributed by atoms with E-state index in [2.05, 4.69) is 15.6 Å². The lowest BCUT2D eigenvalue weighted by Crippen LogP contribution is -2.25. The van der Waals surface area contributed by atoms with E-state index in [9.17, 15) is 8.42 Å². The second kappa shape index (κ2) is 6.23. The van der Waals surface area contributed by atoms with Crippen LogP contribution in [0.15, 0.2) is 23.2 Å². The minimum atomic E-state index is -3.57. The van der Waals surface area contributed by atoms with Crippen LogP contribution in [0.3, 0.4) is 0 Å². The van der Waals surface area contributed by atoms with E-state index in [1.165, 1.54) is 18.3 Å². The van der Waals surface area contributed by atoms with Gasteiger partial charge in [0.05, 0.1) is 0 Å². The van der Waals surface area contributed by atoms with E-state index in [0.717, 1.165) is 6.42 Å². The quantitative estimate of drug-likeness (QED) is 0.578. The molecule has 1 aromatic rings. The van der Waals surface area contributed by atoms with Gasteiger partial charge in [-0.25, -0.2) is 18.1 Å². The van der Waals surface area contributed by atoms with Gasteiger partial charge in [-0.2, -0.15) is 0 Å². The minimum Gasteiger partial charge on any atom is -0.383 e. The van der Waals surface area contributed by atoms with Gasteiger partial charge >= 0.3 is 0 Å². The average molecular weight is 253 g/mol. The summed E-state index contributed by atoms with van der Waals surface area (Å²) in [6.07, 6.45) is 8.68. The van der Waals surface area contributed by atoms with Crippen molar-refractivity contribution in [1.82, 2.24) is 9.71 Å². The zero-order valence-corrected chi connectivity index (χ0v) is 10.2. The highest BCUT2D eigenvalue weighted by molar-refractivity contribution is 7.89. The number of terminal acetylenes is 1. The first-order valence-electron chi connectivity index (χ1n) is 5.21. The van der Waals surface area contributed by atoms with Crippen molar-refractivity contribution in [3.63, 3.8) is 0 Å². The lowest BCUT2D eigenvalue weighted by Gasteiger charge is -2.07. The number of nitrogens with zero attached hydrogens (tertiary/aromatic N) is 1. The smallest absolute Gasteiger partial charge is 0.244 e. The molecular weight excluding hydrogens is 238 g/mol. The second-order valence-corrected chi connectivity index (χ2v) is 5.18. The Balaban J connectivity index is 2.59. The van der Waals surface area contributed by atoms with E-state index in [1.807, 2.05) is 0 Å². The van der Waals surface area contributed by atoms with Gasteiger partial charge < -0.3 is 5.73 Å². The molecular formula is C11H15N3O2S. The maximum absolute atomic E-state index is 11.8. The molecule has 0 amide bonds. The van der Waals surface area contributed by atoms with E-state index in [4.69, 9.17) is 12.2 Å². The van der Waals surface area contributed by atoms with Gasteiger partial charge in [-0.1, -0.05) is 0 Å². The summed E-state index contributed by atoms with van der Waals surface area (Å²) in [4.78, 5) is 3.75. The van der Waals surface area contributed by atoms with Crippen LogP contribution >= 0.6 is 0 Å². The summed E-state index contributed by atoms with van der Waals surface area (Å²) < 4.78 is 26.1. The number of nitrogens with one attached hydrogen (secondary N) is 1. The summed E-state index contributed by atoms with van der Waals surface area (Å²) in [5.74, 6) is 2.50. The second-order valence-electron chi connectivity index (χ2n) is 3.45. The zero-order valence-electron chi connectivity index (χ0n) is 9.39. The Morgan fingerprint density at radius 1 is 1.47 bits per heavy atom. The van der Waals surface area contributed by atoms with Crippen molar-refractivity contribution in [2.24, 2.45) is 0 Å². The molecule has 0 aromatic carbocycles. The van der Waals surface area contributed by atoms with E-state index in [0.29, 0.717) is 19.4 Å². The molecule has 0 aliphatic heterocycles. The largest absolute Gasteiger partial charge is 0.383 e. The first kappa shape index (κ1) is 13.5. The number of sulfonamides is 1. The highest BCUT2D eigenvalue weighted by atomic mass is 32.2. The predicted octanol–water partition coefficient (Wildman–Crippen LogP) is 0.746. The van der Waals surface area contributed by atoms with Gasteiger partial charge in [-0.3, -0.25) is 0 Å². The molecule has 0 unspecified atom stereocenters. The normalized spacial score (nSPS) is 11.0. The first-order valence-corrected chi connectivity index (χ1v) is 6.70. The monoisotopic (exact) mass is 253 g/mol. The molecule has 0 radical (unpaired) electrons. The summed E-state index contributed by atoms with van der Waals surface area (Å²) in [6.45, 7) is 0.346. The molecule has 3 N–H and O–H groups in total. The number of hydrogen-bond donors (Lipinski definition) is 2. The summed E-state index contributed by atoms with van der Waals surface area (Å²) in [6, 6.07) is 2.95. The van der Waals surface area contributed by atoms with Crippen LogP contribution in [0.2, 0.25) is 0 Å². The Hall–Kier alpha value is -1.58. The lowest BCUT2D eigenvalue weighted by atomic mass is 10.2. The topological polar surface area (TPSA) is 85.1 Å². The molecule has 1 rings (SSSR count). The van der Waals surface area contributed by atoms with Crippen molar-refractivity contribution in [2.45, 2.75) is 24.2 Å². The van der Waals surface area contributed by atoms with Crippen LogP contribution in [0.5, 0.6) is 0 Å². The molecule has 5 nitrogen and oxygen atoms in total. The van der Waals surface area contributed by atoms with E-state index < -0.39 is 10.0 Å². The number of nitrogen functional groups attached to an aromatic ring is 1. The number of nitrogens with two attached hydrogens (primary N) is 1. The lowest BCUT2D eigenvalue weighted by molar-refractivity contribution is 0.577. The molecule has 0 aliphatic carbocycles. The van der Waals surface area contributed by atoms with Crippen LogP contribution in [0, 0.1) is 12.3 Å². The standard InChI is InChI=1S/C11H15N3O2S/c1-2-3-4-5-9-14-17(15,16)10-7-6-8-13-11(10)12/h1,6-8,14H,3-5,9H2,(H2,12,13). The van der Waals surface area contributed by atoms with Gasteiger partial charge in [0.1, 0.15) is 10.7 Å². The summed E-state index contributed by atoms with van der Waals surface area (Å²) >= 11 is 0. The van der Waals surface area contributed by atoms with Crippen molar-refractivity contribution in [2.75, 3.05) is 12.3 Å². The Kier molecular flexibility index (Phi) is 4.94.